The Balaban J connectivity index is 3.23. The molecule has 0 heterocycles. The quantitative estimate of drug-likeness (QED) is 0.460. The zero-order valence-electron chi connectivity index (χ0n) is 10.8. The van der Waals surface area contributed by atoms with Gasteiger partial charge in [-0.3, -0.25) is 14.9 Å². The third-order valence-electron chi connectivity index (χ3n) is 2.66. The Morgan fingerprint density at radius 1 is 1.42 bits per heavy atom. The molecule has 1 aromatic carbocycles. The number of nitro benzene ring substituents is 1. The van der Waals surface area contributed by atoms with Crippen LogP contribution in [0.1, 0.15) is 30.5 Å². The van der Waals surface area contributed by atoms with Crippen LogP contribution in [0.2, 0.25) is 0 Å². The van der Waals surface area contributed by atoms with Crippen molar-refractivity contribution in [3.05, 3.63) is 38.9 Å². The van der Waals surface area contributed by atoms with Crippen molar-refractivity contribution in [3.63, 3.8) is 0 Å². The van der Waals surface area contributed by atoms with Crippen molar-refractivity contribution >= 4 is 11.7 Å². The van der Waals surface area contributed by atoms with E-state index >= 15 is 0 Å². The van der Waals surface area contributed by atoms with E-state index in [9.17, 15) is 14.9 Å². The van der Waals surface area contributed by atoms with E-state index in [2.05, 4.69) is 0 Å². The van der Waals surface area contributed by atoms with E-state index in [0.29, 0.717) is 12.0 Å². The Morgan fingerprint density at radius 3 is 2.58 bits per heavy atom. The van der Waals surface area contributed by atoms with Crippen molar-refractivity contribution in [2.45, 2.75) is 26.7 Å². The number of carbonyl (C=O) groups is 1. The lowest BCUT2D eigenvalue weighted by molar-refractivity contribution is -0.385. The van der Waals surface area contributed by atoms with Gasteiger partial charge in [0.05, 0.1) is 18.0 Å². The first kappa shape index (κ1) is 14.6. The number of rotatable bonds is 5. The van der Waals surface area contributed by atoms with Crippen molar-refractivity contribution in [3.8, 4) is 6.07 Å². The van der Waals surface area contributed by atoms with Crippen LogP contribution < -0.4 is 0 Å². The molecule has 0 bridgehead atoms. The number of nitrogens with zero attached hydrogens (tertiary/aromatic N) is 2. The number of hydrogen-bond donors (Lipinski definition) is 0. The summed E-state index contributed by atoms with van der Waals surface area (Å²) in [5.41, 5.74) is 1.01. The monoisotopic (exact) mass is 262 g/mol. The summed E-state index contributed by atoms with van der Waals surface area (Å²) in [6.07, 6.45) is 0.560. The Labute approximate surface area is 110 Å². The second kappa shape index (κ2) is 6.50. The summed E-state index contributed by atoms with van der Waals surface area (Å²) in [4.78, 5) is 21.7. The molecule has 1 aromatic rings. The fourth-order valence-electron chi connectivity index (χ4n) is 1.78. The molecule has 0 saturated heterocycles. The number of ether oxygens (including phenoxy) is 1. The summed E-state index contributed by atoms with van der Waals surface area (Å²) in [6, 6.07) is 4.55. The van der Waals surface area contributed by atoms with Crippen LogP contribution in [0.5, 0.6) is 0 Å². The number of nitro groups is 1. The third-order valence-corrected chi connectivity index (χ3v) is 2.66. The third kappa shape index (κ3) is 3.52. The van der Waals surface area contributed by atoms with Crippen LogP contribution in [0.25, 0.3) is 0 Å². The van der Waals surface area contributed by atoms with Gasteiger partial charge in [-0.15, -0.1) is 0 Å². The molecule has 0 unspecified atom stereocenters. The van der Waals surface area contributed by atoms with Gasteiger partial charge in [0.25, 0.3) is 5.69 Å². The molecule has 1 rings (SSSR count). The molecule has 0 aromatic heterocycles. The topological polar surface area (TPSA) is 93.2 Å². The highest BCUT2D eigenvalue weighted by atomic mass is 16.6. The van der Waals surface area contributed by atoms with Gasteiger partial charge in [0.2, 0.25) is 0 Å². The lowest BCUT2D eigenvalue weighted by atomic mass is 9.98. The molecule has 100 valence electrons. The molecule has 0 N–H and O–H groups in total. The molecular weight excluding hydrogens is 248 g/mol. The number of benzene rings is 1. The molecular formula is C13H14N2O4. The van der Waals surface area contributed by atoms with E-state index in [4.69, 9.17) is 10.00 Å². The van der Waals surface area contributed by atoms with Crippen LogP contribution in [-0.2, 0) is 22.4 Å². The van der Waals surface area contributed by atoms with Crippen LogP contribution in [0.3, 0.4) is 0 Å². The van der Waals surface area contributed by atoms with E-state index in [1.54, 1.807) is 13.0 Å². The van der Waals surface area contributed by atoms with Crippen molar-refractivity contribution in [2.75, 3.05) is 6.61 Å². The van der Waals surface area contributed by atoms with E-state index in [1.807, 2.05) is 6.92 Å². The number of esters is 1. The van der Waals surface area contributed by atoms with Gasteiger partial charge in [-0.1, -0.05) is 6.92 Å². The minimum atomic E-state index is -0.618. The van der Waals surface area contributed by atoms with Gasteiger partial charge in [-0.05, 0) is 30.5 Å². The Kier molecular flexibility index (Phi) is 5.01. The predicted molar refractivity (Wildman–Crippen MR) is 67.5 cm³/mol. The highest BCUT2D eigenvalue weighted by molar-refractivity contribution is 5.74. The number of hydrogen-bond acceptors (Lipinski definition) is 5. The van der Waals surface area contributed by atoms with Gasteiger partial charge in [-0.25, -0.2) is 0 Å². The maximum atomic E-state index is 11.5. The second-order valence-corrected chi connectivity index (χ2v) is 3.84. The summed E-state index contributed by atoms with van der Waals surface area (Å²) in [5, 5.41) is 19.8. The number of carbonyl (C=O) groups excluding carboxylic acids is 1. The van der Waals surface area contributed by atoms with Gasteiger partial charge in [0.1, 0.15) is 11.6 Å². The zero-order valence-corrected chi connectivity index (χ0v) is 10.8. The van der Waals surface area contributed by atoms with Crippen molar-refractivity contribution in [2.24, 2.45) is 0 Å². The first-order valence-electron chi connectivity index (χ1n) is 5.89. The molecule has 6 heteroatoms. The molecule has 0 atom stereocenters. The first-order valence-corrected chi connectivity index (χ1v) is 5.89. The van der Waals surface area contributed by atoms with Crippen molar-refractivity contribution < 1.29 is 14.5 Å². The van der Waals surface area contributed by atoms with Gasteiger partial charge >= 0.3 is 5.97 Å². The molecule has 19 heavy (non-hydrogen) atoms. The Morgan fingerprint density at radius 2 is 2.11 bits per heavy atom. The summed E-state index contributed by atoms with van der Waals surface area (Å²) >= 11 is 0. The standard InChI is InChI=1S/C13H14N2O4/c1-3-9-5-11(8-14)12(15(17)18)6-10(9)7-13(16)19-4-2/h5-6H,3-4,7H2,1-2H3. The van der Waals surface area contributed by atoms with Crippen LogP contribution in [0.15, 0.2) is 12.1 Å². The van der Waals surface area contributed by atoms with Gasteiger partial charge in [0, 0.05) is 6.07 Å². The summed E-state index contributed by atoms with van der Waals surface area (Å²) in [6.45, 7) is 3.81. The Bertz CT molecular complexity index is 546. The largest absolute Gasteiger partial charge is 0.466 e. The van der Waals surface area contributed by atoms with Crippen LogP contribution >= 0.6 is 0 Å². The van der Waals surface area contributed by atoms with E-state index in [0.717, 1.165) is 5.56 Å². The van der Waals surface area contributed by atoms with Gasteiger partial charge in [-0.2, -0.15) is 5.26 Å². The van der Waals surface area contributed by atoms with E-state index in [1.165, 1.54) is 12.1 Å². The fraction of sp³-hybridized carbons (Fsp3) is 0.385. The average Bonchev–Trinajstić information content (AvgIpc) is 2.38. The SMILES string of the molecule is CCOC(=O)Cc1cc([N+](=O)[O-])c(C#N)cc1CC. The number of aryl methyl sites for hydroxylation is 1. The molecule has 0 spiro atoms. The average molecular weight is 262 g/mol. The highest BCUT2D eigenvalue weighted by Crippen LogP contribution is 2.24. The van der Waals surface area contributed by atoms with Crippen molar-refractivity contribution in [1.82, 2.24) is 0 Å². The second-order valence-electron chi connectivity index (χ2n) is 3.84. The molecule has 0 saturated carbocycles. The lowest BCUT2D eigenvalue weighted by Gasteiger charge is -2.08. The van der Waals surface area contributed by atoms with Gasteiger partial charge < -0.3 is 4.74 Å². The summed E-state index contributed by atoms with van der Waals surface area (Å²) < 4.78 is 4.83. The molecule has 0 aliphatic carbocycles. The summed E-state index contributed by atoms with van der Waals surface area (Å²) in [7, 11) is 0. The molecule has 0 aliphatic rings. The maximum Gasteiger partial charge on any atom is 0.310 e. The van der Waals surface area contributed by atoms with Crippen LogP contribution in [0.4, 0.5) is 5.69 Å². The van der Waals surface area contributed by atoms with Crippen LogP contribution in [0, 0.1) is 21.4 Å². The zero-order chi connectivity index (χ0) is 14.4. The Hall–Kier alpha value is -2.42. The molecule has 0 radical (unpaired) electrons. The molecule has 6 nitrogen and oxygen atoms in total. The number of nitriles is 1. The molecule has 0 aliphatic heterocycles. The molecule has 0 fully saturated rings. The lowest BCUT2D eigenvalue weighted by Crippen LogP contribution is -2.10. The summed E-state index contributed by atoms with van der Waals surface area (Å²) in [5.74, 6) is -0.434. The molecule has 0 amide bonds. The first-order chi connectivity index (χ1) is 9.03. The van der Waals surface area contributed by atoms with Crippen molar-refractivity contribution in [1.29, 1.82) is 5.26 Å². The maximum absolute atomic E-state index is 11.5. The predicted octanol–water partition coefficient (Wildman–Crippen LogP) is 2.13. The van der Waals surface area contributed by atoms with E-state index in [-0.39, 0.29) is 24.3 Å². The normalized spacial score (nSPS) is 9.74. The smallest absolute Gasteiger partial charge is 0.310 e. The van der Waals surface area contributed by atoms with E-state index < -0.39 is 10.9 Å². The minimum Gasteiger partial charge on any atom is -0.466 e. The highest BCUT2D eigenvalue weighted by Gasteiger charge is 2.19. The minimum absolute atomic E-state index is 0.00876. The fourth-order valence-corrected chi connectivity index (χ4v) is 1.78. The van der Waals surface area contributed by atoms with Crippen LogP contribution in [-0.4, -0.2) is 17.5 Å². The van der Waals surface area contributed by atoms with Gasteiger partial charge in [0.15, 0.2) is 0 Å².